The Morgan fingerprint density at radius 2 is 1.29 bits per heavy atom. The lowest BCUT2D eigenvalue weighted by molar-refractivity contribution is 0.230. The number of piperazine rings is 1. The standard InChI is InChI=1S/C20H24N2O4S2/c1-4-18-15-21(27(23,24)19-9-5-16(2)6-10-19)13-14-22(18)28(25,26)20-11-7-17(3)8-12-20/h4-12,18H,1,13-15H2,2-3H3. The summed E-state index contributed by atoms with van der Waals surface area (Å²) in [4.78, 5) is 0.399. The molecular formula is C20H24N2O4S2. The molecular weight excluding hydrogens is 396 g/mol. The molecule has 0 radical (unpaired) electrons. The summed E-state index contributed by atoms with van der Waals surface area (Å²) >= 11 is 0. The quantitative estimate of drug-likeness (QED) is 0.697. The molecule has 1 fully saturated rings. The van der Waals surface area contributed by atoms with Crippen LogP contribution in [0.1, 0.15) is 11.1 Å². The molecule has 0 aliphatic carbocycles. The molecule has 2 aromatic rings. The summed E-state index contributed by atoms with van der Waals surface area (Å²) < 4.78 is 54.6. The number of nitrogens with zero attached hydrogens (tertiary/aromatic N) is 2. The molecule has 1 atom stereocenters. The highest BCUT2D eigenvalue weighted by atomic mass is 32.2. The summed E-state index contributed by atoms with van der Waals surface area (Å²) in [5.74, 6) is 0. The minimum atomic E-state index is -3.74. The van der Waals surface area contributed by atoms with Crippen molar-refractivity contribution in [1.82, 2.24) is 8.61 Å². The van der Waals surface area contributed by atoms with Crippen molar-refractivity contribution in [2.24, 2.45) is 0 Å². The molecule has 0 bridgehead atoms. The lowest BCUT2D eigenvalue weighted by atomic mass is 10.2. The SMILES string of the molecule is C=CC1CN(S(=O)(=O)c2ccc(C)cc2)CCN1S(=O)(=O)c1ccc(C)cc1. The van der Waals surface area contributed by atoms with Crippen molar-refractivity contribution < 1.29 is 16.8 Å². The zero-order valence-electron chi connectivity index (χ0n) is 15.9. The zero-order valence-corrected chi connectivity index (χ0v) is 17.6. The van der Waals surface area contributed by atoms with Gasteiger partial charge >= 0.3 is 0 Å². The summed E-state index contributed by atoms with van der Waals surface area (Å²) in [6.45, 7) is 7.69. The van der Waals surface area contributed by atoms with Crippen LogP contribution in [0.4, 0.5) is 0 Å². The van der Waals surface area contributed by atoms with Crippen LogP contribution in [0.3, 0.4) is 0 Å². The fraction of sp³-hybridized carbons (Fsp3) is 0.300. The van der Waals surface area contributed by atoms with Gasteiger partial charge in [-0.2, -0.15) is 8.61 Å². The second-order valence-corrected chi connectivity index (χ2v) is 10.7. The van der Waals surface area contributed by atoms with Crippen molar-refractivity contribution >= 4 is 20.0 Å². The molecule has 0 saturated carbocycles. The van der Waals surface area contributed by atoms with Gasteiger partial charge in [-0.05, 0) is 38.1 Å². The first-order valence-corrected chi connectivity index (χ1v) is 11.8. The minimum Gasteiger partial charge on any atom is -0.207 e. The van der Waals surface area contributed by atoms with E-state index in [9.17, 15) is 16.8 Å². The normalized spacial score (nSPS) is 19.4. The van der Waals surface area contributed by atoms with Gasteiger partial charge in [0.2, 0.25) is 20.0 Å². The number of sulfonamides is 2. The van der Waals surface area contributed by atoms with Crippen LogP contribution < -0.4 is 0 Å². The maximum Gasteiger partial charge on any atom is 0.243 e. The lowest BCUT2D eigenvalue weighted by Gasteiger charge is -2.38. The Balaban J connectivity index is 1.86. The van der Waals surface area contributed by atoms with E-state index < -0.39 is 26.1 Å². The third-order valence-electron chi connectivity index (χ3n) is 4.89. The molecule has 3 rings (SSSR count). The van der Waals surface area contributed by atoms with E-state index in [1.807, 2.05) is 13.8 Å². The first-order valence-electron chi connectivity index (χ1n) is 8.94. The van der Waals surface area contributed by atoms with Gasteiger partial charge in [0.05, 0.1) is 15.8 Å². The van der Waals surface area contributed by atoms with Gasteiger partial charge in [-0.15, -0.1) is 6.58 Å². The van der Waals surface area contributed by atoms with Crippen molar-refractivity contribution in [3.63, 3.8) is 0 Å². The molecule has 8 heteroatoms. The van der Waals surface area contributed by atoms with Gasteiger partial charge in [-0.25, -0.2) is 16.8 Å². The first kappa shape index (κ1) is 20.7. The molecule has 0 N–H and O–H groups in total. The molecule has 1 heterocycles. The molecule has 1 unspecified atom stereocenters. The highest BCUT2D eigenvalue weighted by molar-refractivity contribution is 7.89. The smallest absolute Gasteiger partial charge is 0.207 e. The molecule has 1 aliphatic rings. The topological polar surface area (TPSA) is 74.8 Å². The van der Waals surface area contributed by atoms with Gasteiger partial charge < -0.3 is 0 Å². The van der Waals surface area contributed by atoms with E-state index in [1.54, 1.807) is 48.5 Å². The molecule has 6 nitrogen and oxygen atoms in total. The Labute approximate surface area is 167 Å². The Morgan fingerprint density at radius 3 is 1.75 bits per heavy atom. The van der Waals surface area contributed by atoms with Crippen LogP contribution in [-0.2, 0) is 20.0 Å². The van der Waals surface area contributed by atoms with Crippen LogP contribution in [0.25, 0.3) is 0 Å². The summed E-state index contributed by atoms with van der Waals surface area (Å²) in [5, 5.41) is 0. The van der Waals surface area contributed by atoms with Crippen molar-refractivity contribution in [1.29, 1.82) is 0 Å². The van der Waals surface area contributed by atoms with E-state index in [1.165, 1.54) is 14.7 Å². The Bertz CT molecular complexity index is 1060. The molecule has 2 aromatic carbocycles. The van der Waals surface area contributed by atoms with E-state index in [0.717, 1.165) is 11.1 Å². The van der Waals surface area contributed by atoms with Crippen LogP contribution in [0.15, 0.2) is 71.0 Å². The Morgan fingerprint density at radius 1 is 0.821 bits per heavy atom. The molecule has 28 heavy (non-hydrogen) atoms. The molecule has 0 aromatic heterocycles. The largest absolute Gasteiger partial charge is 0.243 e. The molecule has 1 aliphatic heterocycles. The van der Waals surface area contributed by atoms with E-state index in [-0.39, 0.29) is 29.4 Å². The third kappa shape index (κ3) is 3.91. The Kier molecular flexibility index (Phi) is 5.77. The summed E-state index contributed by atoms with van der Waals surface area (Å²) in [7, 11) is -7.44. The van der Waals surface area contributed by atoms with Crippen molar-refractivity contribution in [2.75, 3.05) is 19.6 Å². The highest BCUT2D eigenvalue weighted by Gasteiger charge is 2.38. The van der Waals surface area contributed by atoms with E-state index in [0.29, 0.717) is 0 Å². The fourth-order valence-electron chi connectivity index (χ4n) is 3.18. The average molecular weight is 421 g/mol. The van der Waals surface area contributed by atoms with Crippen molar-refractivity contribution in [2.45, 2.75) is 29.7 Å². The maximum atomic E-state index is 13.0. The predicted molar refractivity (Wildman–Crippen MR) is 109 cm³/mol. The summed E-state index contributed by atoms with van der Waals surface area (Å²) in [5.41, 5.74) is 1.94. The Hall–Kier alpha value is -2.00. The van der Waals surface area contributed by atoms with Crippen LogP contribution in [0.5, 0.6) is 0 Å². The first-order chi connectivity index (χ1) is 13.2. The molecule has 1 saturated heterocycles. The molecule has 0 spiro atoms. The van der Waals surface area contributed by atoms with Gasteiger partial charge in [-0.1, -0.05) is 41.5 Å². The highest BCUT2D eigenvalue weighted by Crippen LogP contribution is 2.26. The third-order valence-corrected chi connectivity index (χ3v) is 8.71. The number of benzene rings is 2. The van der Waals surface area contributed by atoms with Crippen LogP contribution in [0, 0.1) is 13.8 Å². The maximum absolute atomic E-state index is 13.0. The zero-order chi connectivity index (χ0) is 20.5. The predicted octanol–water partition coefficient (Wildman–Crippen LogP) is 2.55. The van der Waals surface area contributed by atoms with Crippen molar-refractivity contribution in [3.8, 4) is 0 Å². The number of hydrogen-bond donors (Lipinski definition) is 0. The van der Waals surface area contributed by atoms with Gasteiger partial charge in [0, 0.05) is 19.6 Å². The molecule has 0 amide bonds. The summed E-state index contributed by atoms with van der Waals surface area (Å²) in [6, 6.07) is 12.6. The van der Waals surface area contributed by atoms with Gasteiger partial charge in [0.1, 0.15) is 0 Å². The van der Waals surface area contributed by atoms with E-state index >= 15 is 0 Å². The van der Waals surface area contributed by atoms with E-state index in [2.05, 4.69) is 6.58 Å². The monoisotopic (exact) mass is 420 g/mol. The van der Waals surface area contributed by atoms with Gasteiger partial charge in [0.25, 0.3) is 0 Å². The average Bonchev–Trinajstić information content (AvgIpc) is 2.68. The lowest BCUT2D eigenvalue weighted by Crippen LogP contribution is -2.55. The van der Waals surface area contributed by atoms with Gasteiger partial charge in [0.15, 0.2) is 0 Å². The summed E-state index contributed by atoms with van der Waals surface area (Å²) in [6.07, 6.45) is 1.49. The minimum absolute atomic E-state index is 0.0325. The van der Waals surface area contributed by atoms with Crippen LogP contribution in [0.2, 0.25) is 0 Å². The second-order valence-electron chi connectivity index (χ2n) is 6.91. The fourth-order valence-corrected chi connectivity index (χ4v) is 6.21. The van der Waals surface area contributed by atoms with Crippen LogP contribution >= 0.6 is 0 Å². The van der Waals surface area contributed by atoms with E-state index in [4.69, 9.17) is 0 Å². The van der Waals surface area contributed by atoms with Crippen LogP contribution in [-0.4, -0.2) is 51.1 Å². The number of aryl methyl sites for hydroxylation is 2. The number of rotatable bonds is 5. The number of hydrogen-bond acceptors (Lipinski definition) is 4. The van der Waals surface area contributed by atoms with Crippen molar-refractivity contribution in [3.05, 3.63) is 72.3 Å². The van der Waals surface area contributed by atoms with Gasteiger partial charge in [-0.3, -0.25) is 0 Å². The molecule has 150 valence electrons. The second kappa shape index (κ2) is 7.79.